The van der Waals surface area contributed by atoms with Crippen LogP contribution in [0.25, 0.3) is 0 Å². The fraction of sp³-hybridized carbons (Fsp3) is 0.435. The third-order valence-corrected chi connectivity index (χ3v) is 7.96. The van der Waals surface area contributed by atoms with Crippen molar-refractivity contribution in [2.45, 2.75) is 37.2 Å². The van der Waals surface area contributed by atoms with E-state index in [-0.39, 0.29) is 22.8 Å². The molecular weight excluding hydrogens is 433 g/mol. The molecule has 0 aromatic heterocycles. The average Bonchev–Trinajstić information content (AvgIpc) is 3.16. The summed E-state index contributed by atoms with van der Waals surface area (Å²) >= 11 is 0. The molecular formula is C23H28FN3O4S. The summed E-state index contributed by atoms with van der Waals surface area (Å²) in [5.41, 5.74) is 0.887. The van der Waals surface area contributed by atoms with E-state index in [4.69, 9.17) is 4.74 Å². The lowest BCUT2D eigenvalue weighted by Gasteiger charge is -2.35. The third-order valence-electron chi connectivity index (χ3n) is 6.05. The molecule has 0 N–H and O–H groups in total. The van der Waals surface area contributed by atoms with Gasteiger partial charge >= 0.3 is 6.03 Å². The molecule has 0 radical (unpaired) electrons. The molecule has 2 aromatic rings. The van der Waals surface area contributed by atoms with Crippen molar-refractivity contribution in [3.63, 3.8) is 0 Å². The molecule has 2 aromatic carbocycles. The van der Waals surface area contributed by atoms with E-state index >= 15 is 0 Å². The molecule has 0 unspecified atom stereocenters. The van der Waals surface area contributed by atoms with E-state index in [9.17, 15) is 17.6 Å². The number of carbonyl (C=O) groups is 1. The summed E-state index contributed by atoms with van der Waals surface area (Å²) < 4.78 is 46.0. The minimum Gasteiger partial charge on any atom is -0.494 e. The maximum atomic E-state index is 13.1. The van der Waals surface area contributed by atoms with E-state index in [1.807, 2.05) is 11.8 Å². The van der Waals surface area contributed by atoms with E-state index < -0.39 is 10.0 Å². The summed E-state index contributed by atoms with van der Waals surface area (Å²) in [6.45, 7) is 4.83. The summed E-state index contributed by atoms with van der Waals surface area (Å²) in [6.07, 6.45) is 1.21. The van der Waals surface area contributed by atoms with Gasteiger partial charge in [-0.05, 0) is 61.7 Å². The van der Waals surface area contributed by atoms with E-state index in [1.165, 1.54) is 16.4 Å². The molecule has 0 aliphatic carbocycles. The number of nitrogens with zero attached hydrogens (tertiary/aromatic N) is 3. The molecule has 0 bridgehead atoms. The fourth-order valence-electron chi connectivity index (χ4n) is 4.31. The highest BCUT2D eigenvalue weighted by Crippen LogP contribution is 2.27. The first-order valence-electron chi connectivity index (χ1n) is 10.9. The monoisotopic (exact) mass is 461 g/mol. The van der Waals surface area contributed by atoms with Crippen molar-refractivity contribution in [1.82, 2.24) is 14.1 Å². The first-order valence-corrected chi connectivity index (χ1v) is 12.4. The number of carbonyl (C=O) groups excluding carboxylic acids is 1. The first-order chi connectivity index (χ1) is 15.4. The van der Waals surface area contributed by atoms with Crippen molar-refractivity contribution >= 4 is 16.1 Å². The van der Waals surface area contributed by atoms with Gasteiger partial charge in [-0.3, -0.25) is 0 Å². The number of sulfonamides is 1. The smallest absolute Gasteiger partial charge is 0.320 e. The number of amides is 2. The Labute approximate surface area is 188 Å². The largest absolute Gasteiger partial charge is 0.494 e. The van der Waals surface area contributed by atoms with Crippen molar-refractivity contribution < 1.29 is 22.3 Å². The lowest BCUT2D eigenvalue weighted by atomic mass is 10.1. The molecule has 2 aliphatic heterocycles. The van der Waals surface area contributed by atoms with Gasteiger partial charge in [0.1, 0.15) is 11.6 Å². The van der Waals surface area contributed by atoms with Crippen molar-refractivity contribution in [2.24, 2.45) is 0 Å². The molecule has 2 heterocycles. The minimum absolute atomic E-state index is 0.0208. The van der Waals surface area contributed by atoms with Crippen molar-refractivity contribution in [1.29, 1.82) is 0 Å². The van der Waals surface area contributed by atoms with Gasteiger partial charge in [-0.15, -0.1) is 0 Å². The Kier molecular flexibility index (Phi) is 6.66. The molecule has 2 amide bonds. The topological polar surface area (TPSA) is 70.2 Å². The number of hydrogen-bond acceptors (Lipinski definition) is 4. The zero-order chi connectivity index (χ0) is 22.7. The van der Waals surface area contributed by atoms with Crippen molar-refractivity contribution in [3.05, 3.63) is 59.9 Å². The number of rotatable bonds is 7. The Bertz CT molecular complexity index is 1040. The van der Waals surface area contributed by atoms with Crippen molar-refractivity contribution in [2.75, 3.05) is 32.8 Å². The quantitative estimate of drug-likeness (QED) is 0.634. The number of benzene rings is 2. The fourth-order valence-corrected chi connectivity index (χ4v) is 5.78. The summed E-state index contributed by atoms with van der Waals surface area (Å²) in [7, 11) is -3.58. The number of hydrogen-bond donors (Lipinski definition) is 0. The van der Waals surface area contributed by atoms with Crippen LogP contribution < -0.4 is 4.74 Å². The average molecular weight is 462 g/mol. The molecule has 0 spiro atoms. The van der Waals surface area contributed by atoms with Gasteiger partial charge in [-0.25, -0.2) is 17.6 Å². The van der Waals surface area contributed by atoms with Gasteiger partial charge in [0.05, 0.1) is 11.5 Å². The van der Waals surface area contributed by atoms with Gasteiger partial charge in [0, 0.05) is 38.8 Å². The zero-order valence-electron chi connectivity index (χ0n) is 18.1. The van der Waals surface area contributed by atoms with Crippen LogP contribution in [0, 0.1) is 5.82 Å². The maximum Gasteiger partial charge on any atom is 0.320 e. The highest BCUT2D eigenvalue weighted by Gasteiger charge is 2.37. The van der Waals surface area contributed by atoms with Gasteiger partial charge < -0.3 is 14.5 Å². The molecule has 4 rings (SSSR count). The maximum absolute atomic E-state index is 13.1. The standard InChI is InChI=1S/C23H28FN3O4S/c1-2-31-21-7-9-22(10-8-21)32(29,30)26-13-11-20(12-14-26)27-16-15-25(23(27)28)17-18-3-5-19(24)6-4-18/h3-10,20H,2,11-17H2,1H3. The van der Waals surface area contributed by atoms with Crippen LogP contribution >= 0.6 is 0 Å². The molecule has 172 valence electrons. The van der Waals surface area contributed by atoms with Crippen LogP contribution in [0.3, 0.4) is 0 Å². The predicted octanol–water partition coefficient (Wildman–Crippen LogP) is 3.32. The highest BCUT2D eigenvalue weighted by molar-refractivity contribution is 7.89. The second kappa shape index (κ2) is 9.46. The molecule has 0 atom stereocenters. The van der Waals surface area contributed by atoms with Crippen LogP contribution in [0.1, 0.15) is 25.3 Å². The summed E-state index contributed by atoms with van der Waals surface area (Å²) in [5.74, 6) is 0.345. The molecule has 2 saturated heterocycles. The van der Waals surface area contributed by atoms with Gasteiger partial charge in [-0.2, -0.15) is 4.31 Å². The Morgan fingerprint density at radius 3 is 2.25 bits per heavy atom. The van der Waals surface area contributed by atoms with Crippen molar-refractivity contribution in [3.8, 4) is 5.75 Å². The summed E-state index contributed by atoms with van der Waals surface area (Å²) in [6, 6.07) is 12.6. The van der Waals surface area contributed by atoms with E-state index in [0.29, 0.717) is 57.9 Å². The van der Waals surface area contributed by atoms with Crippen LogP contribution in [0.4, 0.5) is 9.18 Å². The third kappa shape index (κ3) is 4.73. The Morgan fingerprint density at radius 1 is 0.969 bits per heavy atom. The number of halogens is 1. The molecule has 2 aliphatic rings. The first kappa shape index (κ1) is 22.5. The second-order valence-electron chi connectivity index (χ2n) is 8.06. The second-order valence-corrected chi connectivity index (χ2v) is 10.0. The lowest BCUT2D eigenvalue weighted by molar-refractivity contribution is 0.153. The zero-order valence-corrected chi connectivity index (χ0v) is 18.9. The predicted molar refractivity (Wildman–Crippen MR) is 118 cm³/mol. The van der Waals surface area contributed by atoms with Crippen LogP contribution in [0.15, 0.2) is 53.4 Å². The Morgan fingerprint density at radius 2 is 1.62 bits per heavy atom. The Hall–Kier alpha value is -2.65. The van der Waals surface area contributed by atoms with Gasteiger partial charge in [0.25, 0.3) is 0 Å². The number of piperidine rings is 1. The minimum atomic E-state index is -3.58. The Balaban J connectivity index is 1.34. The van der Waals surface area contributed by atoms with E-state index in [2.05, 4.69) is 0 Å². The lowest BCUT2D eigenvalue weighted by Crippen LogP contribution is -2.47. The van der Waals surface area contributed by atoms with E-state index in [1.54, 1.807) is 41.3 Å². The van der Waals surface area contributed by atoms with Crippen LogP contribution in [-0.4, -0.2) is 67.4 Å². The SMILES string of the molecule is CCOc1ccc(S(=O)(=O)N2CCC(N3CCN(Cc4ccc(F)cc4)C3=O)CC2)cc1. The van der Waals surface area contributed by atoms with Gasteiger partial charge in [0.15, 0.2) is 0 Å². The van der Waals surface area contributed by atoms with Crippen LogP contribution in [0.2, 0.25) is 0 Å². The molecule has 32 heavy (non-hydrogen) atoms. The molecule has 2 fully saturated rings. The number of urea groups is 1. The van der Waals surface area contributed by atoms with Gasteiger partial charge in [0.2, 0.25) is 10.0 Å². The van der Waals surface area contributed by atoms with Crippen LogP contribution in [0.5, 0.6) is 5.75 Å². The van der Waals surface area contributed by atoms with Gasteiger partial charge in [-0.1, -0.05) is 12.1 Å². The normalized spacial score (nSPS) is 18.4. The van der Waals surface area contributed by atoms with Crippen LogP contribution in [-0.2, 0) is 16.6 Å². The number of ether oxygens (including phenoxy) is 1. The molecule has 7 nitrogen and oxygen atoms in total. The summed E-state index contributed by atoms with van der Waals surface area (Å²) in [4.78, 5) is 16.8. The highest BCUT2D eigenvalue weighted by atomic mass is 32.2. The molecule has 0 saturated carbocycles. The van der Waals surface area contributed by atoms with E-state index in [0.717, 1.165) is 5.56 Å². The molecule has 9 heteroatoms. The summed E-state index contributed by atoms with van der Waals surface area (Å²) in [5, 5.41) is 0.